The van der Waals surface area contributed by atoms with E-state index >= 15 is 0 Å². The van der Waals surface area contributed by atoms with Crippen LogP contribution in [0.3, 0.4) is 0 Å². The predicted octanol–water partition coefficient (Wildman–Crippen LogP) is 6.61. The SMILES string of the molecule is Clc1ccc(-c2csc(N3N=C(c4cccs4)C[C@H]3c3ccc4c(c3)OCO4)n2)cc1. The molecule has 31 heavy (non-hydrogen) atoms. The lowest BCUT2D eigenvalue weighted by atomic mass is 10.0. The van der Waals surface area contributed by atoms with E-state index in [4.69, 9.17) is 31.2 Å². The second-order valence-corrected chi connectivity index (χ2v) is 9.44. The van der Waals surface area contributed by atoms with Crippen LogP contribution in [-0.4, -0.2) is 17.5 Å². The highest BCUT2D eigenvalue weighted by molar-refractivity contribution is 7.14. The van der Waals surface area contributed by atoms with E-state index in [0.717, 1.165) is 45.6 Å². The molecule has 0 aliphatic carbocycles. The van der Waals surface area contributed by atoms with E-state index in [-0.39, 0.29) is 12.8 Å². The number of nitrogens with zero attached hydrogens (tertiary/aromatic N) is 3. The molecule has 8 heteroatoms. The minimum Gasteiger partial charge on any atom is -0.454 e. The first-order valence-electron chi connectivity index (χ1n) is 9.76. The van der Waals surface area contributed by atoms with Crippen LogP contribution in [0.15, 0.2) is 70.5 Å². The molecule has 2 aromatic carbocycles. The summed E-state index contributed by atoms with van der Waals surface area (Å²) in [7, 11) is 0. The third kappa shape index (κ3) is 3.48. The van der Waals surface area contributed by atoms with Crippen molar-refractivity contribution in [2.24, 2.45) is 5.10 Å². The molecular weight excluding hydrogens is 450 g/mol. The molecular formula is C23H16ClN3O2S2. The fourth-order valence-electron chi connectivity index (χ4n) is 3.78. The van der Waals surface area contributed by atoms with Gasteiger partial charge in [0.15, 0.2) is 11.5 Å². The van der Waals surface area contributed by atoms with Gasteiger partial charge < -0.3 is 9.47 Å². The van der Waals surface area contributed by atoms with Gasteiger partial charge >= 0.3 is 0 Å². The molecule has 0 spiro atoms. The summed E-state index contributed by atoms with van der Waals surface area (Å²) in [4.78, 5) is 6.08. The van der Waals surface area contributed by atoms with Gasteiger partial charge in [-0.15, -0.1) is 22.7 Å². The van der Waals surface area contributed by atoms with Gasteiger partial charge in [-0.2, -0.15) is 5.10 Å². The molecule has 0 amide bonds. The fourth-order valence-corrected chi connectivity index (χ4v) is 5.46. The maximum atomic E-state index is 6.04. The van der Waals surface area contributed by atoms with Crippen molar-refractivity contribution < 1.29 is 9.47 Å². The summed E-state index contributed by atoms with van der Waals surface area (Å²) in [5, 5.41) is 12.7. The maximum Gasteiger partial charge on any atom is 0.231 e. The van der Waals surface area contributed by atoms with Crippen molar-refractivity contribution in [2.45, 2.75) is 12.5 Å². The molecule has 0 unspecified atom stereocenters. The summed E-state index contributed by atoms with van der Waals surface area (Å²) < 4.78 is 11.1. The summed E-state index contributed by atoms with van der Waals surface area (Å²) in [5.41, 5.74) is 4.15. The first-order chi connectivity index (χ1) is 15.2. The Kier molecular flexibility index (Phi) is 4.67. The smallest absolute Gasteiger partial charge is 0.231 e. The third-order valence-electron chi connectivity index (χ3n) is 5.33. The molecule has 1 atom stereocenters. The van der Waals surface area contributed by atoms with Crippen molar-refractivity contribution in [2.75, 3.05) is 11.8 Å². The van der Waals surface area contributed by atoms with E-state index in [2.05, 4.69) is 35.0 Å². The normalized spacial score (nSPS) is 17.3. The first-order valence-corrected chi connectivity index (χ1v) is 11.9. The number of thiazole rings is 1. The van der Waals surface area contributed by atoms with Crippen LogP contribution in [-0.2, 0) is 0 Å². The second kappa shape index (κ2) is 7.67. The zero-order valence-electron chi connectivity index (χ0n) is 16.2. The highest BCUT2D eigenvalue weighted by Gasteiger charge is 2.33. The maximum absolute atomic E-state index is 6.04. The molecule has 2 aliphatic rings. The summed E-state index contributed by atoms with van der Waals surface area (Å²) in [6.07, 6.45) is 0.802. The van der Waals surface area contributed by atoms with E-state index in [0.29, 0.717) is 5.02 Å². The van der Waals surface area contributed by atoms with Crippen molar-refractivity contribution in [3.05, 3.63) is 80.8 Å². The van der Waals surface area contributed by atoms with Crippen molar-refractivity contribution in [3.8, 4) is 22.8 Å². The summed E-state index contributed by atoms with van der Waals surface area (Å²) >= 11 is 9.34. The zero-order valence-corrected chi connectivity index (χ0v) is 18.6. The van der Waals surface area contributed by atoms with Crippen LogP contribution < -0.4 is 14.5 Å². The minimum atomic E-state index is 0.0378. The van der Waals surface area contributed by atoms with Crippen molar-refractivity contribution >= 4 is 45.1 Å². The highest BCUT2D eigenvalue weighted by atomic mass is 35.5. The molecule has 0 radical (unpaired) electrons. The number of hydrogen-bond donors (Lipinski definition) is 0. The Morgan fingerprint density at radius 2 is 1.87 bits per heavy atom. The number of anilines is 1. The van der Waals surface area contributed by atoms with Crippen LogP contribution in [0.2, 0.25) is 5.02 Å². The highest BCUT2D eigenvalue weighted by Crippen LogP contribution is 2.42. The molecule has 0 N–H and O–H groups in total. The molecule has 4 heterocycles. The standard InChI is InChI=1S/C23H16ClN3O2S2/c24-16-6-3-14(4-7-16)18-12-31-23(25-18)27-19(11-17(26-27)22-2-1-9-30-22)15-5-8-20-21(10-15)29-13-28-20/h1-10,12,19H,11,13H2/t19-/m0/s1. The largest absolute Gasteiger partial charge is 0.454 e. The summed E-state index contributed by atoms with van der Waals surface area (Å²) in [6, 6.07) is 18.1. The lowest BCUT2D eigenvalue weighted by Crippen LogP contribution is -2.18. The van der Waals surface area contributed by atoms with Crippen LogP contribution >= 0.6 is 34.3 Å². The molecule has 0 fully saturated rings. The lowest BCUT2D eigenvalue weighted by Gasteiger charge is -2.21. The predicted molar refractivity (Wildman–Crippen MR) is 126 cm³/mol. The molecule has 2 aliphatic heterocycles. The summed E-state index contributed by atoms with van der Waals surface area (Å²) in [6.45, 7) is 0.265. The van der Waals surface area contributed by atoms with Gasteiger partial charge in [-0.05, 0) is 41.3 Å². The van der Waals surface area contributed by atoms with Crippen LogP contribution in [0.5, 0.6) is 11.5 Å². The number of benzene rings is 2. The number of fused-ring (bicyclic) bond motifs is 1. The Morgan fingerprint density at radius 3 is 2.71 bits per heavy atom. The van der Waals surface area contributed by atoms with Gasteiger partial charge in [-0.25, -0.2) is 9.99 Å². The van der Waals surface area contributed by atoms with Crippen LogP contribution in [0.1, 0.15) is 22.9 Å². The molecule has 0 saturated carbocycles. The zero-order chi connectivity index (χ0) is 20.8. The third-order valence-corrected chi connectivity index (χ3v) is 7.33. The van der Waals surface area contributed by atoms with Gasteiger partial charge in [0.2, 0.25) is 11.9 Å². The fraction of sp³-hybridized carbons (Fsp3) is 0.130. The van der Waals surface area contributed by atoms with E-state index in [1.54, 1.807) is 22.7 Å². The van der Waals surface area contributed by atoms with E-state index in [9.17, 15) is 0 Å². The van der Waals surface area contributed by atoms with E-state index in [1.165, 1.54) is 4.88 Å². The van der Waals surface area contributed by atoms with Crippen molar-refractivity contribution in [3.63, 3.8) is 0 Å². The minimum absolute atomic E-state index is 0.0378. The van der Waals surface area contributed by atoms with Crippen LogP contribution in [0.25, 0.3) is 11.3 Å². The monoisotopic (exact) mass is 465 g/mol. The Morgan fingerprint density at radius 1 is 1.00 bits per heavy atom. The topological polar surface area (TPSA) is 47.0 Å². The van der Waals surface area contributed by atoms with E-state index < -0.39 is 0 Å². The number of ether oxygens (including phenoxy) is 2. The van der Waals surface area contributed by atoms with Gasteiger partial charge in [0, 0.05) is 22.4 Å². The molecule has 0 saturated heterocycles. The number of hydrazone groups is 1. The number of aromatic nitrogens is 1. The number of thiophene rings is 1. The van der Waals surface area contributed by atoms with Gasteiger partial charge in [0.05, 0.1) is 22.3 Å². The van der Waals surface area contributed by atoms with Gasteiger partial charge in [0.1, 0.15) is 0 Å². The molecule has 2 aromatic heterocycles. The van der Waals surface area contributed by atoms with Crippen molar-refractivity contribution in [1.82, 2.24) is 4.98 Å². The van der Waals surface area contributed by atoms with E-state index in [1.807, 2.05) is 35.3 Å². The van der Waals surface area contributed by atoms with Crippen LogP contribution in [0, 0.1) is 0 Å². The second-order valence-electron chi connectivity index (χ2n) is 7.22. The Hall–Kier alpha value is -2.87. The molecule has 5 nitrogen and oxygen atoms in total. The van der Waals surface area contributed by atoms with Gasteiger partial charge in [-0.1, -0.05) is 35.9 Å². The summed E-state index contributed by atoms with van der Waals surface area (Å²) in [5.74, 6) is 1.56. The molecule has 0 bridgehead atoms. The lowest BCUT2D eigenvalue weighted by molar-refractivity contribution is 0.174. The van der Waals surface area contributed by atoms with Crippen molar-refractivity contribution in [1.29, 1.82) is 0 Å². The number of rotatable bonds is 4. The van der Waals surface area contributed by atoms with Gasteiger partial charge in [-0.3, -0.25) is 0 Å². The van der Waals surface area contributed by atoms with Crippen LogP contribution in [0.4, 0.5) is 5.13 Å². The average Bonchev–Trinajstić information content (AvgIpc) is 3.59. The van der Waals surface area contributed by atoms with Gasteiger partial charge in [0.25, 0.3) is 0 Å². The Labute approximate surface area is 192 Å². The molecule has 6 rings (SSSR count). The average molecular weight is 466 g/mol. The Bertz CT molecular complexity index is 1270. The Balaban J connectivity index is 1.38. The quantitative estimate of drug-likeness (QED) is 0.340. The number of halogens is 1. The first kappa shape index (κ1) is 18.9. The molecule has 4 aromatic rings. The molecule has 154 valence electrons. The number of hydrogen-bond acceptors (Lipinski definition) is 7.